The van der Waals surface area contributed by atoms with E-state index in [0.717, 1.165) is 46.5 Å². The lowest BCUT2D eigenvalue weighted by Gasteiger charge is -2.30. The van der Waals surface area contributed by atoms with Gasteiger partial charge in [-0.2, -0.15) is 0 Å². The van der Waals surface area contributed by atoms with E-state index >= 15 is 0 Å². The van der Waals surface area contributed by atoms with Gasteiger partial charge in [0.25, 0.3) is 5.56 Å². The molecule has 1 atom stereocenters. The number of anilines is 1. The number of fused-ring (bicyclic) bond motifs is 3. The first-order chi connectivity index (χ1) is 17.0. The molecule has 4 aromatic rings. The summed E-state index contributed by atoms with van der Waals surface area (Å²) >= 11 is 1.41. The minimum atomic E-state index is -0.298. The molecule has 4 nitrogen and oxygen atoms in total. The van der Waals surface area contributed by atoms with Crippen LogP contribution in [0.1, 0.15) is 34.7 Å². The molecule has 6 rings (SSSR count). The molecule has 1 aliphatic heterocycles. The van der Waals surface area contributed by atoms with E-state index in [0.29, 0.717) is 9.33 Å². The number of halogens is 1. The van der Waals surface area contributed by atoms with E-state index in [1.807, 2.05) is 55.4 Å². The summed E-state index contributed by atoms with van der Waals surface area (Å²) in [6.45, 7) is 0. The van der Waals surface area contributed by atoms with Crippen molar-refractivity contribution in [1.29, 1.82) is 0 Å². The molecular weight excluding hydrogens is 457 g/mol. The van der Waals surface area contributed by atoms with Gasteiger partial charge in [0.2, 0.25) is 0 Å². The van der Waals surface area contributed by atoms with E-state index in [2.05, 4.69) is 18.2 Å². The maximum absolute atomic E-state index is 13.8. The number of thiazole rings is 1. The lowest BCUT2D eigenvalue weighted by atomic mass is 9.83. The molecule has 6 heteroatoms. The Hall–Kier alpha value is -3.77. The zero-order valence-corrected chi connectivity index (χ0v) is 20.3. The summed E-state index contributed by atoms with van der Waals surface area (Å²) in [5.41, 5.74) is 7.36. The largest absolute Gasteiger partial charge is 0.378 e. The molecule has 0 saturated carbocycles. The third-order valence-electron chi connectivity index (χ3n) is 6.77. The first kappa shape index (κ1) is 21.7. The highest BCUT2D eigenvalue weighted by Crippen LogP contribution is 2.41. The highest BCUT2D eigenvalue weighted by molar-refractivity contribution is 7.07. The Kier molecular flexibility index (Phi) is 5.26. The van der Waals surface area contributed by atoms with Crippen LogP contribution in [0.4, 0.5) is 10.1 Å². The number of aryl methyl sites for hydroxylation is 1. The minimum absolute atomic E-state index is 0.0647. The summed E-state index contributed by atoms with van der Waals surface area (Å²) in [6.07, 6.45) is 3.64. The van der Waals surface area contributed by atoms with Gasteiger partial charge in [-0.1, -0.05) is 59.9 Å². The van der Waals surface area contributed by atoms with Crippen molar-refractivity contribution < 1.29 is 4.39 Å². The molecular formula is C29H24FN3OS. The molecule has 174 valence electrons. The Labute approximate surface area is 206 Å². The third kappa shape index (κ3) is 3.74. The van der Waals surface area contributed by atoms with Crippen molar-refractivity contribution in [2.45, 2.75) is 18.9 Å². The van der Waals surface area contributed by atoms with E-state index in [-0.39, 0.29) is 17.4 Å². The summed E-state index contributed by atoms with van der Waals surface area (Å²) in [7, 11) is 4.00. The Bertz CT molecular complexity index is 1640. The van der Waals surface area contributed by atoms with Gasteiger partial charge >= 0.3 is 0 Å². The smallest absolute Gasteiger partial charge is 0.271 e. The van der Waals surface area contributed by atoms with E-state index in [1.54, 1.807) is 16.7 Å². The number of aromatic nitrogens is 1. The van der Waals surface area contributed by atoms with E-state index < -0.39 is 0 Å². The molecule has 3 aromatic carbocycles. The van der Waals surface area contributed by atoms with Crippen molar-refractivity contribution in [3.63, 3.8) is 0 Å². The standard InChI is InChI=1S/C29H24FN3OS/c1-32(2)22-14-7-18(8-15-22)17-25-28(34)33-27(20-9-12-21(30)13-10-20)24-16-11-19-5-3-4-6-23(19)26(24)31-29(33)35-25/h3-10,12-15,17,27H,11,16H2,1-2H3/b25-17+/t27-/m0/s1. The van der Waals surface area contributed by atoms with Crippen molar-refractivity contribution in [3.05, 3.63) is 126 Å². The Balaban J connectivity index is 1.57. The lowest BCUT2D eigenvalue weighted by Crippen LogP contribution is -2.38. The highest BCUT2D eigenvalue weighted by atomic mass is 32.1. The van der Waals surface area contributed by atoms with Crippen LogP contribution in [-0.4, -0.2) is 18.7 Å². The van der Waals surface area contributed by atoms with Gasteiger partial charge in [0.1, 0.15) is 5.82 Å². The first-order valence-corrected chi connectivity index (χ1v) is 12.5. The van der Waals surface area contributed by atoms with Gasteiger partial charge in [0, 0.05) is 25.3 Å². The average molecular weight is 482 g/mol. The van der Waals surface area contributed by atoms with Crippen LogP contribution in [0.2, 0.25) is 0 Å². The number of nitrogens with zero attached hydrogens (tertiary/aromatic N) is 3. The molecule has 0 fully saturated rings. The number of allylic oxidation sites excluding steroid dienone is 1. The fourth-order valence-electron chi connectivity index (χ4n) is 4.99. The molecule has 0 amide bonds. The molecule has 0 spiro atoms. The second-order valence-electron chi connectivity index (χ2n) is 9.15. The molecule has 0 bridgehead atoms. The Morgan fingerprint density at radius 2 is 1.74 bits per heavy atom. The predicted octanol–water partition coefficient (Wildman–Crippen LogP) is 4.52. The second kappa shape index (κ2) is 8.47. The number of hydrogen-bond acceptors (Lipinski definition) is 4. The van der Waals surface area contributed by atoms with E-state index in [1.165, 1.54) is 29.0 Å². The van der Waals surface area contributed by atoms with Gasteiger partial charge in [-0.15, -0.1) is 0 Å². The van der Waals surface area contributed by atoms with Crippen LogP contribution in [0.15, 0.2) is 88.2 Å². The van der Waals surface area contributed by atoms with Crippen molar-refractivity contribution in [3.8, 4) is 0 Å². The molecule has 2 aliphatic rings. The van der Waals surface area contributed by atoms with Crippen LogP contribution in [0.5, 0.6) is 0 Å². The molecule has 35 heavy (non-hydrogen) atoms. The predicted molar refractivity (Wildman–Crippen MR) is 140 cm³/mol. The maximum Gasteiger partial charge on any atom is 0.271 e. The fraction of sp³-hybridized carbons (Fsp3) is 0.172. The lowest BCUT2D eigenvalue weighted by molar-refractivity contribution is 0.581. The normalized spacial score (nSPS) is 16.9. The third-order valence-corrected chi connectivity index (χ3v) is 7.75. The van der Waals surface area contributed by atoms with Crippen molar-refractivity contribution in [2.24, 2.45) is 4.99 Å². The fourth-order valence-corrected chi connectivity index (χ4v) is 5.99. The van der Waals surface area contributed by atoms with Gasteiger partial charge in [-0.25, -0.2) is 9.38 Å². The second-order valence-corrected chi connectivity index (χ2v) is 10.2. The van der Waals surface area contributed by atoms with Gasteiger partial charge in [0.05, 0.1) is 16.3 Å². The maximum atomic E-state index is 13.8. The molecule has 0 unspecified atom stereocenters. The van der Waals surface area contributed by atoms with E-state index in [9.17, 15) is 9.18 Å². The van der Waals surface area contributed by atoms with Gasteiger partial charge in [-0.05, 0) is 65.4 Å². The average Bonchev–Trinajstić information content (AvgIpc) is 3.18. The Morgan fingerprint density at radius 3 is 2.49 bits per heavy atom. The zero-order chi connectivity index (χ0) is 24.1. The molecule has 0 N–H and O–H groups in total. The zero-order valence-electron chi connectivity index (χ0n) is 19.5. The van der Waals surface area contributed by atoms with Crippen LogP contribution < -0.4 is 19.8 Å². The highest BCUT2D eigenvalue weighted by Gasteiger charge is 2.32. The van der Waals surface area contributed by atoms with Gasteiger partial charge in [-0.3, -0.25) is 9.36 Å². The molecule has 1 aliphatic carbocycles. The van der Waals surface area contributed by atoms with Gasteiger partial charge in [0.15, 0.2) is 4.80 Å². The topological polar surface area (TPSA) is 37.6 Å². The SMILES string of the molecule is CN(C)c1ccc(/C=c2/sc3n(c2=O)[C@@H](c2ccc(F)cc2)C2=C(N=3)c3ccccc3CC2)cc1. The quantitative estimate of drug-likeness (QED) is 0.431. The van der Waals surface area contributed by atoms with Crippen LogP contribution in [0, 0.1) is 5.82 Å². The van der Waals surface area contributed by atoms with Crippen LogP contribution >= 0.6 is 11.3 Å². The van der Waals surface area contributed by atoms with Crippen molar-refractivity contribution in [1.82, 2.24) is 4.57 Å². The Morgan fingerprint density at radius 1 is 1.00 bits per heavy atom. The number of benzene rings is 3. The number of hydrogen-bond donors (Lipinski definition) is 0. The number of rotatable bonds is 3. The molecule has 2 heterocycles. The summed E-state index contributed by atoms with van der Waals surface area (Å²) in [5, 5.41) is 0. The first-order valence-electron chi connectivity index (χ1n) is 11.7. The summed E-state index contributed by atoms with van der Waals surface area (Å²) in [5.74, 6) is -0.287. The van der Waals surface area contributed by atoms with Gasteiger partial charge < -0.3 is 4.90 Å². The molecule has 0 radical (unpaired) electrons. The van der Waals surface area contributed by atoms with E-state index in [4.69, 9.17) is 4.99 Å². The molecule has 1 aromatic heterocycles. The summed E-state index contributed by atoms with van der Waals surface area (Å²) in [4.78, 5) is 21.5. The minimum Gasteiger partial charge on any atom is -0.378 e. The summed E-state index contributed by atoms with van der Waals surface area (Å²) < 4.78 is 16.2. The molecule has 0 saturated heterocycles. The van der Waals surface area contributed by atoms with Crippen LogP contribution in [0.25, 0.3) is 11.8 Å². The van der Waals surface area contributed by atoms with Crippen molar-refractivity contribution in [2.75, 3.05) is 19.0 Å². The monoisotopic (exact) mass is 481 g/mol. The van der Waals surface area contributed by atoms with Crippen LogP contribution in [-0.2, 0) is 6.42 Å². The summed E-state index contributed by atoms with van der Waals surface area (Å²) in [6, 6.07) is 22.7. The van der Waals surface area contributed by atoms with Crippen molar-refractivity contribution >= 4 is 28.8 Å². The van der Waals surface area contributed by atoms with Crippen LogP contribution in [0.3, 0.4) is 0 Å².